The molecule has 1 N–H and O–H groups in total. The van der Waals surface area contributed by atoms with Crippen molar-refractivity contribution < 1.29 is 9.53 Å². The van der Waals surface area contributed by atoms with Gasteiger partial charge in [-0.1, -0.05) is 18.2 Å². The molecule has 0 heterocycles. The van der Waals surface area contributed by atoms with Gasteiger partial charge in [0.25, 0.3) is 5.91 Å². The molecule has 0 spiro atoms. The average Bonchev–Trinajstić information content (AvgIpc) is 2.48. The molecule has 0 aliphatic carbocycles. The zero-order valence-corrected chi connectivity index (χ0v) is 10.3. The quantitative estimate of drug-likeness (QED) is 0.853. The number of carbonyl (C=O) groups excluding carboxylic acids is 1. The molecular weight excluding hydrogens is 242 g/mol. The van der Waals surface area contributed by atoms with Gasteiger partial charge in [0.15, 0.2) is 4.98 Å². The van der Waals surface area contributed by atoms with E-state index in [-0.39, 0.29) is 5.91 Å². The van der Waals surface area contributed by atoms with Gasteiger partial charge < -0.3 is 10.1 Å². The second-order valence-electron chi connectivity index (χ2n) is 3.80. The van der Waals surface area contributed by atoms with Crippen LogP contribution in [0.2, 0.25) is 0 Å². The molecule has 0 aliphatic rings. The summed E-state index contributed by atoms with van der Waals surface area (Å²) in [5, 5.41) is 11.4. The van der Waals surface area contributed by atoms with Crippen molar-refractivity contribution in [1.29, 1.82) is 5.39 Å². The number of nitrogens with one attached hydrogen (secondary N) is 1. The summed E-state index contributed by atoms with van der Waals surface area (Å²) >= 11 is 0. The van der Waals surface area contributed by atoms with Gasteiger partial charge >= 0.3 is 5.69 Å². The van der Waals surface area contributed by atoms with E-state index in [1.165, 1.54) is 13.2 Å². The molecule has 19 heavy (non-hydrogen) atoms. The van der Waals surface area contributed by atoms with E-state index in [1.54, 1.807) is 36.4 Å². The van der Waals surface area contributed by atoms with Gasteiger partial charge in [0.1, 0.15) is 5.75 Å². The lowest BCUT2D eigenvalue weighted by atomic mass is 10.2. The highest BCUT2D eigenvalue weighted by atomic mass is 16.5. The number of diazo groups is 1. The zero-order valence-electron chi connectivity index (χ0n) is 10.3. The summed E-state index contributed by atoms with van der Waals surface area (Å²) in [4.78, 5) is 15.1. The Balaban J connectivity index is 2.24. The van der Waals surface area contributed by atoms with Gasteiger partial charge in [0.2, 0.25) is 5.39 Å². The Morgan fingerprint density at radius 2 is 1.95 bits per heavy atom. The third-order valence-corrected chi connectivity index (χ3v) is 2.58. The molecule has 0 unspecified atom stereocenters. The summed E-state index contributed by atoms with van der Waals surface area (Å²) in [6, 6.07) is 13.6. The molecule has 0 atom stereocenters. The summed E-state index contributed by atoms with van der Waals surface area (Å²) in [7, 11) is 1.48. The number of methoxy groups -OCH3 is 1. The predicted octanol–water partition coefficient (Wildman–Crippen LogP) is 3.43. The number of hydrogen-bond acceptors (Lipinski definition) is 3. The fraction of sp³-hybridized carbons (Fsp3) is 0.0714. The Bertz CT molecular complexity index is 633. The number of carbonyl (C=O) groups is 1. The van der Waals surface area contributed by atoms with Crippen molar-refractivity contribution in [3.63, 3.8) is 0 Å². The van der Waals surface area contributed by atoms with Crippen molar-refractivity contribution in [2.45, 2.75) is 0 Å². The Morgan fingerprint density at radius 3 is 2.58 bits per heavy atom. The smallest absolute Gasteiger partial charge is 0.388 e. The number of amides is 1. The van der Waals surface area contributed by atoms with Gasteiger partial charge in [0, 0.05) is 11.6 Å². The summed E-state index contributed by atoms with van der Waals surface area (Å²) < 4.78 is 5.14. The minimum Gasteiger partial charge on any atom is -0.494 e. The highest BCUT2D eigenvalue weighted by Crippen LogP contribution is 2.29. The minimum absolute atomic E-state index is 0.229. The van der Waals surface area contributed by atoms with Crippen LogP contribution in [0, 0.1) is 5.39 Å². The molecule has 0 bridgehead atoms. The van der Waals surface area contributed by atoms with Gasteiger partial charge in [-0.05, 0) is 18.2 Å². The number of anilines is 1. The lowest BCUT2D eigenvalue weighted by Crippen LogP contribution is -2.12. The molecule has 0 fully saturated rings. The van der Waals surface area contributed by atoms with Crippen LogP contribution >= 0.6 is 0 Å². The number of hydrogen-bond donors (Lipinski definition) is 1. The third kappa shape index (κ3) is 2.87. The molecule has 2 rings (SSSR count). The molecule has 0 aromatic heterocycles. The Labute approximate surface area is 110 Å². The maximum atomic E-state index is 12.0. The Morgan fingerprint density at radius 1 is 1.21 bits per heavy atom. The van der Waals surface area contributed by atoms with Crippen LogP contribution in [0.15, 0.2) is 48.5 Å². The monoisotopic (exact) mass is 254 g/mol. The van der Waals surface area contributed by atoms with E-state index in [9.17, 15) is 4.79 Å². The first kappa shape index (κ1) is 12.6. The Kier molecular flexibility index (Phi) is 3.74. The van der Waals surface area contributed by atoms with E-state index in [2.05, 4.69) is 10.3 Å². The van der Waals surface area contributed by atoms with Gasteiger partial charge in [-0.15, -0.1) is 0 Å². The van der Waals surface area contributed by atoms with Crippen molar-refractivity contribution in [3.05, 3.63) is 59.1 Å². The van der Waals surface area contributed by atoms with E-state index in [4.69, 9.17) is 10.1 Å². The molecule has 0 radical (unpaired) electrons. The van der Waals surface area contributed by atoms with Crippen LogP contribution in [0.5, 0.6) is 5.75 Å². The van der Waals surface area contributed by atoms with Gasteiger partial charge in [0.05, 0.1) is 18.9 Å². The standard InChI is InChI=1S/C14H11N3O2/c1-19-13-9-11(17-15)7-8-12(13)16-14(18)10-5-3-2-4-6-10/h2-9H,1H3/p+1. The van der Waals surface area contributed by atoms with E-state index in [1.807, 2.05) is 6.07 Å². The summed E-state index contributed by atoms with van der Waals surface area (Å²) in [5.41, 5.74) is 1.43. The molecule has 1 amide bonds. The first-order chi connectivity index (χ1) is 9.24. The summed E-state index contributed by atoms with van der Waals surface area (Å²) in [5.74, 6) is 0.201. The number of benzene rings is 2. The van der Waals surface area contributed by atoms with Crippen molar-refractivity contribution in [1.82, 2.24) is 0 Å². The third-order valence-electron chi connectivity index (χ3n) is 2.58. The minimum atomic E-state index is -0.229. The molecule has 5 heteroatoms. The van der Waals surface area contributed by atoms with Crippen LogP contribution in [0.4, 0.5) is 11.4 Å². The maximum absolute atomic E-state index is 12.0. The van der Waals surface area contributed by atoms with Crippen molar-refractivity contribution >= 4 is 17.3 Å². The second kappa shape index (κ2) is 5.65. The second-order valence-corrected chi connectivity index (χ2v) is 3.80. The number of ether oxygens (including phenoxy) is 1. The van der Waals surface area contributed by atoms with E-state index in [0.29, 0.717) is 22.7 Å². The normalized spacial score (nSPS) is 9.47. The molecule has 0 saturated heterocycles. The fourth-order valence-corrected chi connectivity index (χ4v) is 1.63. The highest BCUT2D eigenvalue weighted by molar-refractivity contribution is 6.05. The fourth-order valence-electron chi connectivity index (χ4n) is 1.63. The largest absolute Gasteiger partial charge is 0.494 e. The lowest BCUT2D eigenvalue weighted by Gasteiger charge is -2.08. The first-order valence-corrected chi connectivity index (χ1v) is 5.64. The molecule has 2 aromatic rings. The van der Waals surface area contributed by atoms with Crippen LogP contribution in [0.3, 0.4) is 0 Å². The molecule has 0 saturated carbocycles. The van der Waals surface area contributed by atoms with Crippen LogP contribution in [0.1, 0.15) is 10.4 Å². The number of rotatable bonds is 3. The van der Waals surface area contributed by atoms with Gasteiger partial charge in [-0.2, -0.15) is 0 Å². The average molecular weight is 254 g/mol. The SMILES string of the molecule is COc1cc([N+]#N)ccc1NC(=O)c1ccccc1. The summed E-state index contributed by atoms with van der Waals surface area (Å²) in [6.07, 6.45) is 0. The topological polar surface area (TPSA) is 66.5 Å². The van der Waals surface area contributed by atoms with E-state index >= 15 is 0 Å². The van der Waals surface area contributed by atoms with Crippen molar-refractivity contribution in [2.75, 3.05) is 12.4 Å². The zero-order chi connectivity index (χ0) is 13.7. The van der Waals surface area contributed by atoms with Crippen LogP contribution in [-0.4, -0.2) is 13.0 Å². The van der Waals surface area contributed by atoms with Crippen LogP contribution < -0.4 is 10.1 Å². The highest BCUT2D eigenvalue weighted by Gasteiger charge is 2.13. The molecular formula is C14H12N3O2+. The van der Waals surface area contributed by atoms with Gasteiger partial charge in [-0.25, -0.2) is 0 Å². The van der Waals surface area contributed by atoms with Crippen molar-refractivity contribution in [3.8, 4) is 5.75 Å². The van der Waals surface area contributed by atoms with Crippen molar-refractivity contribution in [2.24, 2.45) is 0 Å². The number of nitrogens with zero attached hydrogens (tertiary/aromatic N) is 2. The Hall–Kier alpha value is -2.87. The van der Waals surface area contributed by atoms with E-state index < -0.39 is 0 Å². The summed E-state index contributed by atoms with van der Waals surface area (Å²) in [6.45, 7) is 0. The lowest BCUT2D eigenvalue weighted by molar-refractivity contribution is 0.102. The van der Waals surface area contributed by atoms with Crippen LogP contribution in [-0.2, 0) is 0 Å². The molecule has 5 nitrogen and oxygen atoms in total. The maximum Gasteiger partial charge on any atom is 0.388 e. The predicted molar refractivity (Wildman–Crippen MR) is 72.1 cm³/mol. The van der Waals surface area contributed by atoms with Crippen LogP contribution in [0.25, 0.3) is 4.98 Å². The molecule has 94 valence electrons. The first-order valence-electron chi connectivity index (χ1n) is 5.64. The molecule has 2 aromatic carbocycles. The van der Waals surface area contributed by atoms with Gasteiger partial charge in [-0.3, -0.25) is 4.79 Å². The van der Waals surface area contributed by atoms with E-state index in [0.717, 1.165) is 0 Å². The molecule has 0 aliphatic heterocycles.